The molecule has 2 rings (SSSR count). The van der Waals surface area contributed by atoms with Gasteiger partial charge in [-0.1, -0.05) is 38.6 Å². The molecule has 0 aromatic heterocycles. The van der Waals surface area contributed by atoms with Crippen LogP contribution in [-0.2, 0) is 5.41 Å². The van der Waals surface area contributed by atoms with Crippen LogP contribution >= 0.6 is 0 Å². The molecule has 0 atom stereocenters. The maximum Gasteiger partial charge on any atom is 0.0477 e. The number of fused-ring (bicyclic) bond motifs is 1. The summed E-state index contributed by atoms with van der Waals surface area (Å²) in [4.78, 5) is 2.21. The molecule has 1 aromatic carbocycles. The van der Waals surface area contributed by atoms with Crippen molar-refractivity contribution in [1.82, 2.24) is 0 Å². The van der Waals surface area contributed by atoms with E-state index >= 15 is 0 Å². The second-order valence-electron chi connectivity index (χ2n) is 4.60. The Morgan fingerprint density at radius 3 is 2.50 bits per heavy atom. The fourth-order valence-electron chi connectivity index (χ4n) is 2.32. The van der Waals surface area contributed by atoms with Crippen molar-refractivity contribution in [2.45, 2.75) is 26.2 Å². The third kappa shape index (κ3) is 0.955. The van der Waals surface area contributed by atoms with Gasteiger partial charge in [-0.25, -0.2) is 0 Å². The average molecular weight is 187 g/mol. The largest absolute Gasteiger partial charge is 0.347 e. The van der Waals surface area contributed by atoms with Crippen LogP contribution in [0.4, 0.5) is 5.69 Å². The summed E-state index contributed by atoms with van der Waals surface area (Å²) in [6.45, 7) is 10.8. The molecule has 0 aliphatic carbocycles. The zero-order valence-electron chi connectivity index (χ0n) is 9.39. The topological polar surface area (TPSA) is 3.24 Å². The number of benzene rings is 1. The van der Waals surface area contributed by atoms with Gasteiger partial charge in [0.2, 0.25) is 0 Å². The minimum atomic E-state index is 0.0795. The van der Waals surface area contributed by atoms with Crippen molar-refractivity contribution in [1.29, 1.82) is 0 Å². The van der Waals surface area contributed by atoms with E-state index in [4.69, 9.17) is 0 Å². The molecule has 0 saturated heterocycles. The molecule has 0 fully saturated rings. The highest BCUT2D eigenvalue weighted by molar-refractivity contribution is 5.72. The highest BCUT2D eigenvalue weighted by atomic mass is 15.2. The predicted octanol–water partition coefficient (Wildman–Crippen LogP) is 3.24. The first-order chi connectivity index (χ1) is 6.46. The van der Waals surface area contributed by atoms with Crippen molar-refractivity contribution in [3.05, 3.63) is 41.6 Å². The van der Waals surface area contributed by atoms with Gasteiger partial charge in [-0.3, -0.25) is 0 Å². The lowest BCUT2D eigenvalue weighted by Gasteiger charge is -2.22. The summed E-state index contributed by atoms with van der Waals surface area (Å²) in [6.07, 6.45) is 0. The van der Waals surface area contributed by atoms with Crippen molar-refractivity contribution in [3.63, 3.8) is 0 Å². The molecule has 1 nitrogen and oxygen atoms in total. The van der Waals surface area contributed by atoms with Crippen LogP contribution < -0.4 is 4.90 Å². The maximum absolute atomic E-state index is 4.17. The van der Waals surface area contributed by atoms with Gasteiger partial charge < -0.3 is 4.90 Å². The van der Waals surface area contributed by atoms with Crippen molar-refractivity contribution in [3.8, 4) is 0 Å². The van der Waals surface area contributed by atoms with Gasteiger partial charge in [0.25, 0.3) is 0 Å². The summed E-state index contributed by atoms with van der Waals surface area (Å²) in [6, 6.07) is 6.49. The quantitative estimate of drug-likeness (QED) is 0.602. The van der Waals surface area contributed by atoms with E-state index in [2.05, 4.69) is 57.5 Å². The number of para-hydroxylation sites is 1. The van der Waals surface area contributed by atoms with E-state index in [1.165, 1.54) is 22.5 Å². The van der Waals surface area contributed by atoms with Crippen LogP contribution in [0.2, 0.25) is 0 Å². The van der Waals surface area contributed by atoms with Crippen molar-refractivity contribution >= 4 is 5.69 Å². The lowest BCUT2D eigenvalue weighted by molar-refractivity contribution is 0.643. The Bertz CT molecular complexity index is 402. The van der Waals surface area contributed by atoms with Gasteiger partial charge in [0.15, 0.2) is 0 Å². The Morgan fingerprint density at radius 1 is 1.29 bits per heavy atom. The molecular formula is C13H17N. The van der Waals surface area contributed by atoms with Crippen LogP contribution in [0.3, 0.4) is 0 Å². The molecule has 1 aromatic rings. The fraction of sp³-hybridized carbons (Fsp3) is 0.385. The molecule has 0 unspecified atom stereocenters. The number of aryl methyl sites for hydroxylation is 1. The van der Waals surface area contributed by atoms with Crippen molar-refractivity contribution < 1.29 is 0 Å². The average Bonchev–Trinajstić information content (AvgIpc) is 2.30. The van der Waals surface area contributed by atoms with E-state index < -0.39 is 0 Å². The SMILES string of the molecule is C=C1N(C)c2c(C)cccc2C1(C)C. The molecule has 0 N–H and O–H groups in total. The molecule has 0 saturated carbocycles. The van der Waals surface area contributed by atoms with E-state index in [1.807, 2.05) is 0 Å². The molecule has 1 aliphatic heterocycles. The summed E-state index contributed by atoms with van der Waals surface area (Å²) < 4.78 is 0. The Balaban J connectivity index is 2.74. The zero-order chi connectivity index (χ0) is 10.5. The molecule has 0 amide bonds. The van der Waals surface area contributed by atoms with E-state index in [0.29, 0.717) is 0 Å². The van der Waals surface area contributed by atoms with Crippen LogP contribution in [0.15, 0.2) is 30.5 Å². The molecular weight excluding hydrogens is 170 g/mol. The van der Waals surface area contributed by atoms with Gasteiger partial charge in [-0.2, -0.15) is 0 Å². The van der Waals surface area contributed by atoms with Gasteiger partial charge >= 0.3 is 0 Å². The monoisotopic (exact) mass is 187 g/mol. The van der Waals surface area contributed by atoms with E-state index in [0.717, 1.165) is 0 Å². The molecule has 1 heterocycles. The molecule has 1 heteroatoms. The summed E-state index contributed by atoms with van der Waals surface area (Å²) in [5, 5.41) is 0. The zero-order valence-corrected chi connectivity index (χ0v) is 9.39. The summed E-state index contributed by atoms with van der Waals surface area (Å²) in [5.41, 5.74) is 5.32. The van der Waals surface area contributed by atoms with E-state index in [-0.39, 0.29) is 5.41 Å². The lowest BCUT2D eigenvalue weighted by Crippen LogP contribution is -2.21. The number of anilines is 1. The smallest absolute Gasteiger partial charge is 0.0477 e. The Kier molecular flexibility index (Phi) is 1.75. The lowest BCUT2D eigenvalue weighted by atomic mass is 9.84. The van der Waals surface area contributed by atoms with Gasteiger partial charge in [-0.15, -0.1) is 0 Å². The highest BCUT2D eigenvalue weighted by Gasteiger charge is 2.37. The minimum Gasteiger partial charge on any atom is -0.347 e. The van der Waals surface area contributed by atoms with Gasteiger partial charge in [0.1, 0.15) is 0 Å². The number of hydrogen-bond donors (Lipinski definition) is 0. The van der Waals surface area contributed by atoms with E-state index in [9.17, 15) is 0 Å². The second kappa shape index (κ2) is 2.63. The predicted molar refractivity (Wildman–Crippen MR) is 61.7 cm³/mol. The fourth-order valence-corrected chi connectivity index (χ4v) is 2.32. The first kappa shape index (κ1) is 9.32. The molecule has 74 valence electrons. The number of rotatable bonds is 0. The molecule has 0 bridgehead atoms. The number of likely N-dealkylation sites (N-methyl/N-ethyl adjacent to an activating group) is 1. The Hall–Kier alpha value is -1.24. The van der Waals surface area contributed by atoms with Crippen LogP contribution in [0.25, 0.3) is 0 Å². The molecule has 0 radical (unpaired) electrons. The van der Waals surface area contributed by atoms with Crippen molar-refractivity contribution in [2.75, 3.05) is 11.9 Å². The standard InChI is InChI=1S/C13H17N/c1-9-7-6-8-11-12(9)14(5)10(2)13(11,3)4/h6-8H,2H2,1,3-5H3. The summed E-state index contributed by atoms with van der Waals surface area (Å²) >= 11 is 0. The number of nitrogens with zero attached hydrogens (tertiary/aromatic N) is 1. The number of allylic oxidation sites excluding steroid dienone is 1. The normalized spacial score (nSPS) is 18.6. The van der Waals surface area contributed by atoms with Crippen LogP contribution in [-0.4, -0.2) is 7.05 Å². The van der Waals surface area contributed by atoms with Gasteiger partial charge in [-0.05, 0) is 18.1 Å². The Labute approximate surface area is 86.1 Å². The van der Waals surface area contributed by atoms with Crippen LogP contribution in [0, 0.1) is 6.92 Å². The van der Waals surface area contributed by atoms with Crippen LogP contribution in [0.5, 0.6) is 0 Å². The van der Waals surface area contributed by atoms with Crippen LogP contribution in [0.1, 0.15) is 25.0 Å². The van der Waals surface area contributed by atoms with Crippen molar-refractivity contribution in [2.24, 2.45) is 0 Å². The molecule has 0 spiro atoms. The second-order valence-corrected chi connectivity index (χ2v) is 4.60. The highest BCUT2D eigenvalue weighted by Crippen LogP contribution is 2.47. The first-order valence-electron chi connectivity index (χ1n) is 4.99. The summed E-state index contributed by atoms with van der Waals surface area (Å²) in [7, 11) is 2.10. The molecule has 14 heavy (non-hydrogen) atoms. The van der Waals surface area contributed by atoms with Gasteiger partial charge in [0, 0.05) is 23.8 Å². The first-order valence-corrected chi connectivity index (χ1v) is 4.99. The third-order valence-electron chi connectivity index (χ3n) is 3.37. The molecule has 1 aliphatic rings. The number of hydrogen-bond acceptors (Lipinski definition) is 1. The maximum atomic E-state index is 4.17. The minimum absolute atomic E-state index is 0.0795. The van der Waals surface area contributed by atoms with Gasteiger partial charge in [0.05, 0.1) is 0 Å². The van der Waals surface area contributed by atoms with E-state index in [1.54, 1.807) is 0 Å². The Morgan fingerprint density at radius 2 is 1.93 bits per heavy atom. The summed E-state index contributed by atoms with van der Waals surface area (Å²) in [5.74, 6) is 0. The third-order valence-corrected chi connectivity index (χ3v) is 3.37.